The van der Waals surface area contributed by atoms with Gasteiger partial charge in [-0.1, -0.05) is 26.7 Å². The Morgan fingerprint density at radius 3 is 2.74 bits per heavy atom. The van der Waals surface area contributed by atoms with Crippen LogP contribution in [0.25, 0.3) is 0 Å². The Morgan fingerprint density at radius 1 is 1.37 bits per heavy atom. The quantitative estimate of drug-likeness (QED) is 0.830. The van der Waals surface area contributed by atoms with Crippen molar-refractivity contribution < 1.29 is 9.59 Å². The third-order valence-electron chi connectivity index (χ3n) is 5.56. The van der Waals surface area contributed by atoms with Gasteiger partial charge in [0.2, 0.25) is 5.91 Å². The smallest absolute Gasteiger partial charge is 0.322 e. The van der Waals surface area contributed by atoms with Gasteiger partial charge in [-0.15, -0.1) is 0 Å². The number of aromatic nitrogens is 2. The second-order valence-electron chi connectivity index (χ2n) is 8.61. The number of rotatable bonds is 6. The molecule has 7 heteroatoms. The van der Waals surface area contributed by atoms with Crippen LogP contribution in [0.3, 0.4) is 0 Å². The third kappa shape index (κ3) is 4.82. The summed E-state index contributed by atoms with van der Waals surface area (Å²) in [5.74, 6) is 1.65. The molecule has 0 bridgehead atoms. The molecule has 1 aliphatic heterocycles. The Labute approximate surface area is 162 Å². The fourth-order valence-corrected chi connectivity index (χ4v) is 4.31. The van der Waals surface area contributed by atoms with Gasteiger partial charge in [0.1, 0.15) is 5.82 Å². The average molecular weight is 376 g/mol. The number of hydrogen-bond acceptors (Lipinski definition) is 3. The number of amides is 3. The summed E-state index contributed by atoms with van der Waals surface area (Å²) < 4.78 is 1.85. The van der Waals surface area contributed by atoms with Crippen molar-refractivity contribution in [3.8, 4) is 0 Å². The number of carbonyl (C=O) groups is 2. The van der Waals surface area contributed by atoms with Gasteiger partial charge < -0.3 is 9.80 Å². The van der Waals surface area contributed by atoms with Gasteiger partial charge >= 0.3 is 6.03 Å². The van der Waals surface area contributed by atoms with E-state index in [9.17, 15) is 9.59 Å². The highest BCUT2D eigenvalue weighted by molar-refractivity contribution is 5.88. The first-order valence-corrected chi connectivity index (χ1v) is 10.2. The SMILES string of the molecule is Cc1cc(NC(=O)N(C)C[C@H]2CC(=O)N(C3CCCC3)C2)n(CC(C)C)n1. The maximum atomic E-state index is 12.6. The van der Waals surface area contributed by atoms with Crippen LogP contribution in [0.15, 0.2) is 6.07 Å². The van der Waals surface area contributed by atoms with Crippen LogP contribution in [0.2, 0.25) is 0 Å². The lowest BCUT2D eigenvalue weighted by atomic mass is 10.1. The van der Waals surface area contributed by atoms with E-state index in [-0.39, 0.29) is 17.9 Å². The number of carbonyl (C=O) groups excluding carboxylic acids is 2. The first-order valence-electron chi connectivity index (χ1n) is 10.2. The highest BCUT2D eigenvalue weighted by atomic mass is 16.2. The normalized spacial score (nSPS) is 20.7. The van der Waals surface area contributed by atoms with E-state index < -0.39 is 0 Å². The van der Waals surface area contributed by atoms with Gasteiger partial charge in [0, 0.05) is 51.1 Å². The number of likely N-dealkylation sites (tertiary alicyclic amines) is 1. The van der Waals surface area contributed by atoms with E-state index in [1.807, 2.05) is 17.7 Å². The number of hydrogen-bond donors (Lipinski definition) is 1. The van der Waals surface area contributed by atoms with E-state index in [1.54, 1.807) is 11.9 Å². The lowest BCUT2D eigenvalue weighted by Crippen LogP contribution is -2.38. The molecule has 3 rings (SSSR count). The third-order valence-corrected chi connectivity index (χ3v) is 5.56. The van der Waals surface area contributed by atoms with Crippen molar-refractivity contribution in [2.75, 3.05) is 25.5 Å². The lowest BCUT2D eigenvalue weighted by Gasteiger charge is -2.25. The summed E-state index contributed by atoms with van der Waals surface area (Å²) in [7, 11) is 1.80. The Kier molecular flexibility index (Phi) is 6.07. The number of anilines is 1. The van der Waals surface area contributed by atoms with Gasteiger partial charge in [-0.3, -0.25) is 10.1 Å². The van der Waals surface area contributed by atoms with Crippen LogP contribution in [0.4, 0.5) is 10.6 Å². The van der Waals surface area contributed by atoms with Crippen LogP contribution in [0.5, 0.6) is 0 Å². The van der Waals surface area contributed by atoms with Crippen molar-refractivity contribution in [3.05, 3.63) is 11.8 Å². The molecule has 0 aromatic carbocycles. The fourth-order valence-electron chi connectivity index (χ4n) is 4.31. The van der Waals surface area contributed by atoms with Gasteiger partial charge in [0.15, 0.2) is 0 Å². The number of nitrogens with one attached hydrogen (secondary N) is 1. The summed E-state index contributed by atoms with van der Waals surface area (Å²) in [6, 6.07) is 2.18. The van der Waals surface area contributed by atoms with E-state index in [4.69, 9.17) is 0 Å². The van der Waals surface area contributed by atoms with E-state index in [2.05, 4.69) is 29.2 Å². The van der Waals surface area contributed by atoms with Gasteiger partial charge in [0.05, 0.1) is 5.69 Å². The summed E-state index contributed by atoms with van der Waals surface area (Å²) in [4.78, 5) is 28.8. The Balaban J connectivity index is 1.54. The summed E-state index contributed by atoms with van der Waals surface area (Å²) in [5.41, 5.74) is 0.891. The Morgan fingerprint density at radius 2 is 2.07 bits per heavy atom. The van der Waals surface area contributed by atoms with Crippen LogP contribution >= 0.6 is 0 Å². The van der Waals surface area contributed by atoms with Crippen LogP contribution in [0.1, 0.15) is 51.6 Å². The molecule has 7 nitrogen and oxygen atoms in total. The molecule has 3 amide bonds. The predicted molar refractivity (Wildman–Crippen MR) is 106 cm³/mol. The zero-order valence-electron chi connectivity index (χ0n) is 17.1. The number of nitrogens with zero attached hydrogens (tertiary/aromatic N) is 4. The molecular weight excluding hydrogens is 342 g/mol. The topological polar surface area (TPSA) is 70.5 Å². The molecule has 0 unspecified atom stereocenters. The van der Waals surface area contributed by atoms with Crippen molar-refractivity contribution in [1.29, 1.82) is 0 Å². The molecule has 0 radical (unpaired) electrons. The predicted octanol–water partition coefficient (Wildman–Crippen LogP) is 3.10. The molecule has 1 aliphatic carbocycles. The second-order valence-corrected chi connectivity index (χ2v) is 8.61. The zero-order chi connectivity index (χ0) is 19.6. The van der Waals surface area contributed by atoms with Crippen LogP contribution in [-0.2, 0) is 11.3 Å². The fraction of sp³-hybridized carbons (Fsp3) is 0.750. The molecule has 1 aromatic rings. The highest BCUT2D eigenvalue weighted by Crippen LogP contribution is 2.29. The molecular formula is C20H33N5O2. The molecule has 1 saturated heterocycles. The van der Waals surface area contributed by atoms with Crippen molar-refractivity contribution in [1.82, 2.24) is 19.6 Å². The molecule has 1 N–H and O–H groups in total. The standard InChI is InChI=1S/C20H33N5O2/c1-14(2)11-25-18(9-15(3)22-25)21-20(27)23(4)12-16-10-19(26)24(13-16)17-7-5-6-8-17/h9,14,16-17H,5-8,10-13H2,1-4H3,(H,21,27)/t16-/m1/s1. The molecule has 2 heterocycles. The van der Waals surface area contributed by atoms with Gasteiger partial charge in [0.25, 0.3) is 0 Å². The van der Waals surface area contributed by atoms with E-state index >= 15 is 0 Å². The van der Waals surface area contributed by atoms with Gasteiger partial charge in [-0.25, -0.2) is 9.48 Å². The summed E-state index contributed by atoms with van der Waals surface area (Å²) in [6.45, 7) is 8.33. The highest BCUT2D eigenvalue weighted by Gasteiger charge is 2.36. The van der Waals surface area contributed by atoms with E-state index in [1.165, 1.54) is 12.8 Å². The van der Waals surface area contributed by atoms with Crippen molar-refractivity contribution in [3.63, 3.8) is 0 Å². The molecule has 2 aliphatic rings. The summed E-state index contributed by atoms with van der Waals surface area (Å²) >= 11 is 0. The minimum Gasteiger partial charge on any atom is -0.339 e. The molecule has 0 spiro atoms. The molecule has 2 fully saturated rings. The van der Waals surface area contributed by atoms with Crippen molar-refractivity contribution in [2.24, 2.45) is 11.8 Å². The van der Waals surface area contributed by atoms with Crippen LogP contribution in [-0.4, -0.2) is 57.7 Å². The van der Waals surface area contributed by atoms with Gasteiger partial charge in [-0.2, -0.15) is 5.10 Å². The molecule has 150 valence electrons. The summed E-state index contributed by atoms with van der Waals surface area (Å²) in [6.07, 6.45) is 5.27. The largest absolute Gasteiger partial charge is 0.339 e. The minimum absolute atomic E-state index is 0.147. The second kappa shape index (κ2) is 8.31. The maximum Gasteiger partial charge on any atom is 0.322 e. The Bertz CT molecular complexity index is 678. The number of urea groups is 1. The van der Waals surface area contributed by atoms with E-state index in [0.29, 0.717) is 24.9 Å². The first kappa shape index (κ1) is 19.7. The number of aryl methyl sites for hydroxylation is 1. The summed E-state index contributed by atoms with van der Waals surface area (Å²) in [5, 5.41) is 7.44. The average Bonchev–Trinajstić information content (AvgIpc) is 3.28. The maximum absolute atomic E-state index is 12.6. The molecule has 1 aromatic heterocycles. The molecule has 1 atom stereocenters. The Hall–Kier alpha value is -2.05. The van der Waals surface area contributed by atoms with Crippen LogP contribution in [0, 0.1) is 18.8 Å². The zero-order valence-corrected chi connectivity index (χ0v) is 17.1. The molecule has 27 heavy (non-hydrogen) atoms. The molecule has 1 saturated carbocycles. The monoisotopic (exact) mass is 375 g/mol. The lowest BCUT2D eigenvalue weighted by molar-refractivity contribution is -0.129. The van der Waals surface area contributed by atoms with Crippen LogP contribution < -0.4 is 5.32 Å². The first-order chi connectivity index (χ1) is 12.8. The van der Waals surface area contributed by atoms with Crippen molar-refractivity contribution >= 4 is 17.8 Å². The van der Waals surface area contributed by atoms with Crippen molar-refractivity contribution in [2.45, 2.75) is 65.5 Å². The van der Waals surface area contributed by atoms with E-state index in [0.717, 1.165) is 37.4 Å². The van der Waals surface area contributed by atoms with Gasteiger partial charge in [-0.05, 0) is 25.7 Å². The minimum atomic E-state index is -0.147.